The van der Waals surface area contributed by atoms with E-state index in [9.17, 15) is 14.7 Å². The number of hydrogen-bond donors (Lipinski definition) is 2. The Hall–Kier alpha value is -4.84. The lowest BCUT2D eigenvalue weighted by Crippen LogP contribution is -2.33. The Bertz CT molecular complexity index is 1980. The van der Waals surface area contributed by atoms with E-state index in [0.717, 1.165) is 47.9 Å². The number of nitrogens with zero attached hydrogens (tertiary/aromatic N) is 4. The zero-order valence-electron chi connectivity index (χ0n) is 30.5. The molecule has 2 N–H and O–H groups in total. The number of rotatable bonds is 15. The highest BCUT2D eigenvalue weighted by molar-refractivity contribution is 5.79. The van der Waals surface area contributed by atoms with E-state index >= 15 is 0 Å². The van der Waals surface area contributed by atoms with Crippen molar-refractivity contribution in [1.29, 1.82) is 0 Å². The van der Waals surface area contributed by atoms with Crippen LogP contribution < -0.4 is 10.9 Å². The van der Waals surface area contributed by atoms with Gasteiger partial charge in [0.15, 0.2) is 17.3 Å². The van der Waals surface area contributed by atoms with Crippen molar-refractivity contribution < 1.29 is 24.1 Å². The number of aliphatic hydroxyl groups is 1. The van der Waals surface area contributed by atoms with Crippen LogP contribution in [0, 0.1) is 0 Å². The lowest BCUT2D eigenvalue weighted by atomic mass is 10.1. The van der Waals surface area contributed by atoms with Gasteiger partial charge in [-0.2, -0.15) is 0 Å². The van der Waals surface area contributed by atoms with Gasteiger partial charge < -0.3 is 24.6 Å². The maximum absolute atomic E-state index is 13.3. The van der Waals surface area contributed by atoms with E-state index in [4.69, 9.17) is 14.2 Å². The average molecular weight is 708 g/mol. The van der Waals surface area contributed by atoms with Gasteiger partial charge in [-0.25, -0.2) is 14.8 Å². The molecule has 0 radical (unpaired) electrons. The molecule has 2 aliphatic rings. The lowest BCUT2D eigenvalue weighted by Gasteiger charge is -2.18. The number of alkyl carbamates (subject to hydrolysis) is 1. The van der Waals surface area contributed by atoms with E-state index in [0.29, 0.717) is 18.6 Å². The molecule has 52 heavy (non-hydrogen) atoms. The molecule has 0 bridgehead atoms. The summed E-state index contributed by atoms with van der Waals surface area (Å²) in [5.74, 6) is 0. The van der Waals surface area contributed by atoms with Gasteiger partial charge in [0, 0.05) is 30.6 Å². The smallest absolute Gasteiger partial charge is 0.408 e. The number of carbonyl (C=O) groups excluding carboxylic acids is 1. The van der Waals surface area contributed by atoms with Gasteiger partial charge in [0.25, 0.3) is 5.56 Å². The van der Waals surface area contributed by atoms with Crippen LogP contribution in [-0.2, 0) is 20.8 Å². The Morgan fingerprint density at radius 3 is 2.31 bits per heavy atom. The zero-order valence-corrected chi connectivity index (χ0v) is 30.5. The molecule has 2 aromatic heterocycles. The van der Waals surface area contributed by atoms with Gasteiger partial charge >= 0.3 is 6.09 Å². The summed E-state index contributed by atoms with van der Waals surface area (Å²) in [5.41, 5.74) is 8.44. The molecule has 0 spiro atoms. The SMILES string of the molecule is CC(C)=CCC/C(C)=C/CC/C(C)=C/Cn1cnc2c(ncn2C2CC(OCCNC(=O)OC3c4ccccc4-c4ccccc43)C(CO)O2)c1=O. The Kier molecular flexibility index (Phi) is 12.2. The maximum Gasteiger partial charge on any atom is 0.408 e. The molecule has 3 unspecified atom stereocenters. The summed E-state index contributed by atoms with van der Waals surface area (Å²) in [5, 5.41) is 12.8. The first-order chi connectivity index (χ1) is 25.2. The van der Waals surface area contributed by atoms with Crippen LogP contribution in [0.1, 0.15) is 83.3 Å². The van der Waals surface area contributed by atoms with Gasteiger partial charge in [-0.05, 0) is 64.5 Å². The van der Waals surface area contributed by atoms with Crippen LogP contribution in [0.4, 0.5) is 4.79 Å². The minimum Gasteiger partial charge on any atom is -0.436 e. The van der Waals surface area contributed by atoms with Crippen LogP contribution in [-0.4, -0.2) is 62.3 Å². The van der Waals surface area contributed by atoms with Crippen LogP contribution in [0.5, 0.6) is 0 Å². The number of nitrogens with one attached hydrogen (secondary N) is 1. The number of ether oxygens (including phenoxy) is 3. The number of imidazole rings is 1. The van der Waals surface area contributed by atoms with Gasteiger partial charge in [-0.15, -0.1) is 0 Å². The molecule has 11 nitrogen and oxygen atoms in total. The fourth-order valence-electron chi connectivity index (χ4n) is 6.84. The van der Waals surface area contributed by atoms with E-state index in [1.165, 1.54) is 16.7 Å². The maximum atomic E-state index is 13.3. The first kappa shape index (κ1) is 36.9. The van der Waals surface area contributed by atoms with Crippen molar-refractivity contribution in [3.63, 3.8) is 0 Å². The molecular formula is C41H49N5O6. The van der Waals surface area contributed by atoms with E-state index in [-0.39, 0.29) is 30.8 Å². The highest BCUT2D eigenvalue weighted by atomic mass is 16.6. The molecule has 1 amide bonds. The molecule has 0 saturated carbocycles. The minimum absolute atomic E-state index is 0.191. The summed E-state index contributed by atoms with van der Waals surface area (Å²) in [4.78, 5) is 35.1. The van der Waals surface area contributed by atoms with Crippen molar-refractivity contribution >= 4 is 17.3 Å². The number of allylic oxidation sites excluding steroid dienone is 6. The molecule has 2 aromatic carbocycles. The Morgan fingerprint density at radius 1 is 0.942 bits per heavy atom. The van der Waals surface area contributed by atoms with Gasteiger partial charge in [0.1, 0.15) is 18.7 Å². The third-order valence-corrected chi connectivity index (χ3v) is 9.69. The molecule has 1 aliphatic carbocycles. The van der Waals surface area contributed by atoms with Crippen LogP contribution >= 0.6 is 0 Å². The van der Waals surface area contributed by atoms with Gasteiger partial charge in [-0.1, -0.05) is 83.5 Å². The highest BCUT2D eigenvalue weighted by Crippen LogP contribution is 2.45. The third-order valence-electron chi connectivity index (χ3n) is 9.69. The normalized spacial score (nSPS) is 18.8. The Balaban J connectivity index is 0.990. The Labute approximate surface area is 304 Å². The van der Waals surface area contributed by atoms with E-state index < -0.39 is 30.6 Å². The summed E-state index contributed by atoms with van der Waals surface area (Å²) in [6.07, 6.45) is 11.6. The number of amides is 1. The molecular weight excluding hydrogens is 658 g/mol. The molecule has 4 aromatic rings. The minimum atomic E-state index is -0.592. The molecule has 6 rings (SSSR count). The van der Waals surface area contributed by atoms with Crippen molar-refractivity contribution in [3.8, 4) is 11.1 Å². The summed E-state index contributed by atoms with van der Waals surface area (Å²) >= 11 is 0. The Morgan fingerprint density at radius 2 is 1.62 bits per heavy atom. The number of aliphatic hydroxyl groups excluding tert-OH is 1. The van der Waals surface area contributed by atoms with Crippen molar-refractivity contribution in [2.24, 2.45) is 0 Å². The monoisotopic (exact) mass is 707 g/mol. The van der Waals surface area contributed by atoms with Crippen LogP contribution in [0.2, 0.25) is 0 Å². The van der Waals surface area contributed by atoms with E-state index in [1.807, 2.05) is 48.5 Å². The molecule has 1 fully saturated rings. The average Bonchev–Trinajstić information content (AvgIpc) is 3.84. The molecule has 1 aliphatic heterocycles. The number of fused-ring (bicyclic) bond motifs is 4. The fraction of sp³-hybridized carbons (Fsp3) is 0.415. The predicted octanol–water partition coefficient (Wildman–Crippen LogP) is 7.17. The number of hydrogen-bond acceptors (Lipinski definition) is 8. The second kappa shape index (κ2) is 17.1. The molecule has 274 valence electrons. The topological polar surface area (TPSA) is 130 Å². The molecule has 11 heteroatoms. The van der Waals surface area contributed by atoms with Crippen LogP contribution in [0.15, 0.2) is 101 Å². The summed E-state index contributed by atoms with van der Waals surface area (Å²) in [6.45, 7) is 9.08. The molecule has 1 saturated heterocycles. The van der Waals surface area contributed by atoms with Gasteiger partial charge in [-0.3, -0.25) is 13.9 Å². The van der Waals surface area contributed by atoms with Crippen molar-refractivity contribution in [3.05, 3.63) is 118 Å². The van der Waals surface area contributed by atoms with Gasteiger partial charge in [0.2, 0.25) is 0 Å². The fourth-order valence-corrected chi connectivity index (χ4v) is 6.84. The number of aromatic nitrogens is 4. The van der Waals surface area contributed by atoms with Crippen molar-refractivity contribution in [1.82, 2.24) is 24.4 Å². The largest absolute Gasteiger partial charge is 0.436 e. The third kappa shape index (κ3) is 8.61. The first-order valence-electron chi connectivity index (χ1n) is 18.1. The van der Waals surface area contributed by atoms with Crippen LogP contribution in [0.25, 0.3) is 22.3 Å². The van der Waals surface area contributed by atoms with Crippen molar-refractivity contribution in [2.75, 3.05) is 19.8 Å². The zero-order chi connectivity index (χ0) is 36.6. The summed E-state index contributed by atoms with van der Waals surface area (Å²) in [6, 6.07) is 15.9. The second-order valence-corrected chi connectivity index (χ2v) is 13.8. The molecule has 3 heterocycles. The second-order valence-electron chi connectivity index (χ2n) is 13.8. The van der Waals surface area contributed by atoms with Gasteiger partial charge in [0.05, 0.1) is 25.6 Å². The predicted molar refractivity (Wildman–Crippen MR) is 201 cm³/mol. The summed E-state index contributed by atoms with van der Waals surface area (Å²) < 4.78 is 21.3. The lowest BCUT2D eigenvalue weighted by molar-refractivity contribution is -0.0597. The van der Waals surface area contributed by atoms with Crippen LogP contribution in [0.3, 0.4) is 0 Å². The molecule has 3 atom stereocenters. The number of carbonyl (C=O) groups is 1. The number of benzene rings is 2. The van der Waals surface area contributed by atoms with E-state index in [1.54, 1.807) is 21.8 Å². The standard InChI is InChI=1S/C41H49N5O6/c1-27(2)11-9-12-28(3)13-10-14-29(4)19-21-45-25-44-39-37(40(45)48)43-26-46(39)36-23-34(35(24-47)51-36)50-22-20-42-41(49)52-38-32-17-7-5-15-30(32)31-16-6-8-18-33(31)38/h5-8,11,13,15-19,25-26,34-36,38,47H,9-10,12,14,20-24H2,1-4H3,(H,42,49)/b28-13+,29-19+. The van der Waals surface area contributed by atoms with Crippen molar-refractivity contribution in [2.45, 2.75) is 90.9 Å². The quantitative estimate of drug-likeness (QED) is 0.0983. The summed E-state index contributed by atoms with van der Waals surface area (Å²) in [7, 11) is 0. The first-order valence-corrected chi connectivity index (χ1v) is 18.1. The van der Waals surface area contributed by atoms with E-state index in [2.05, 4.69) is 61.2 Å². The highest BCUT2D eigenvalue weighted by Gasteiger charge is 2.37.